The Balaban J connectivity index is 1.63. The van der Waals surface area contributed by atoms with E-state index in [9.17, 15) is 4.79 Å². The van der Waals surface area contributed by atoms with Crippen molar-refractivity contribution in [3.63, 3.8) is 0 Å². The molecule has 4 N–H and O–H groups in total. The Morgan fingerprint density at radius 2 is 2.29 bits per heavy atom. The number of pyridine rings is 1. The number of carbonyl (C=O) groups excluding carboxylic acids is 1. The molecule has 0 saturated carbocycles. The van der Waals surface area contributed by atoms with E-state index in [1.807, 2.05) is 6.07 Å². The summed E-state index contributed by atoms with van der Waals surface area (Å²) in [5.74, 6) is 0.476. The van der Waals surface area contributed by atoms with Crippen molar-refractivity contribution in [2.75, 3.05) is 11.9 Å². The number of ether oxygens (including phenoxy) is 1. The molecule has 3 heterocycles. The molecule has 1 amide bonds. The van der Waals surface area contributed by atoms with Crippen LogP contribution in [-0.4, -0.2) is 27.7 Å². The van der Waals surface area contributed by atoms with Crippen molar-refractivity contribution in [2.24, 2.45) is 5.73 Å². The molecule has 1 aromatic carbocycles. The standard InChI is InChI=1S/C17H17N5O2/c18-13-2-1-7-24-15-8-10(3-4-11(13)15)17(23)21-14-5-6-19-16-12(14)9-20-22-16/h3-6,8-9,13H,1-2,7,18H2,(H2,19,20,21,22,23)/t13-/m0/s1. The van der Waals surface area contributed by atoms with Crippen LogP contribution < -0.4 is 15.8 Å². The molecular weight excluding hydrogens is 306 g/mol. The number of anilines is 1. The second-order valence-corrected chi connectivity index (χ2v) is 5.79. The van der Waals surface area contributed by atoms with Gasteiger partial charge < -0.3 is 15.8 Å². The molecule has 122 valence electrons. The van der Waals surface area contributed by atoms with Gasteiger partial charge in [-0.3, -0.25) is 9.89 Å². The normalized spacial score (nSPS) is 17.0. The lowest BCUT2D eigenvalue weighted by Gasteiger charge is -2.13. The largest absolute Gasteiger partial charge is 0.493 e. The van der Waals surface area contributed by atoms with Gasteiger partial charge in [0.05, 0.1) is 23.9 Å². The van der Waals surface area contributed by atoms with Gasteiger partial charge in [-0.25, -0.2) is 4.98 Å². The van der Waals surface area contributed by atoms with Crippen LogP contribution in [0, 0.1) is 0 Å². The fourth-order valence-corrected chi connectivity index (χ4v) is 2.90. The second kappa shape index (κ2) is 5.93. The summed E-state index contributed by atoms with van der Waals surface area (Å²) in [5, 5.41) is 10.4. The zero-order valence-electron chi connectivity index (χ0n) is 13.0. The fourth-order valence-electron chi connectivity index (χ4n) is 2.90. The number of carbonyl (C=O) groups is 1. The second-order valence-electron chi connectivity index (χ2n) is 5.79. The Labute approximate surface area is 138 Å². The first-order valence-electron chi connectivity index (χ1n) is 7.84. The molecule has 24 heavy (non-hydrogen) atoms. The summed E-state index contributed by atoms with van der Waals surface area (Å²) in [5.41, 5.74) is 8.91. The summed E-state index contributed by atoms with van der Waals surface area (Å²) in [6, 6.07) is 7.09. The smallest absolute Gasteiger partial charge is 0.255 e. The van der Waals surface area contributed by atoms with Crippen molar-refractivity contribution < 1.29 is 9.53 Å². The number of nitrogens with two attached hydrogens (primary N) is 1. The molecule has 0 spiro atoms. The van der Waals surface area contributed by atoms with Gasteiger partial charge >= 0.3 is 0 Å². The molecule has 0 saturated heterocycles. The molecule has 1 aliphatic heterocycles. The van der Waals surface area contributed by atoms with Crippen LogP contribution in [0.2, 0.25) is 0 Å². The number of amides is 1. The van der Waals surface area contributed by atoms with Gasteiger partial charge in [0, 0.05) is 23.4 Å². The van der Waals surface area contributed by atoms with E-state index in [0.29, 0.717) is 29.3 Å². The Hall–Kier alpha value is -2.93. The molecule has 0 aliphatic carbocycles. The third-order valence-electron chi connectivity index (χ3n) is 4.19. The Morgan fingerprint density at radius 3 is 3.21 bits per heavy atom. The lowest BCUT2D eigenvalue weighted by atomic mass is 10.0. The summed E-state index contributed by atoms with van der Waals surface area (Å²) in [6.45, 7) is 0.617. The summed E-state index contributed by atoms with van der Waals surface area (Å²) < 4.78 is 5.73. The molecule has 0 unspecified atom stereocenters. The third-order valence-corrected chi connectivity index (χ3v) is 4.19. The van der Waals surface area contributed by atoms with E-state index in [2.05, 4.69) is 20.5 Å². The van der Waals surface area contributed by atoms with E-state index in [0.717, 1.165) is 23.8 Å². The first-order valence-corrected chi connectivity index (χ1v) is 7.84. The maximum atomic E-state index is 12.6. The molecule has 7 nitrogen and oxygen atoms in total. The predicted octanol–water partition coefficient (Wildman–Crippen LogP) is 2.38. The van der Waals surface area contributed by atoms with Crippen molar-refractivity contribution in [2.45, 2.75) is 18.9 Å². The van der Waals surface area contributed by atoms with Crippen molar-refractivity contribution in [3.8, 4) is 5.75 Å². The predicted molar refractivity (Wildman–Crippen MR) is 89.9 cm³/mol. The molecule has 0 bridgehead atoms. The number of aromatic nitrogens is 3. The molecular formula is C17H17N5O2. The highest BCUT2D eigenvalue weighted by Crippen LogP contribution is 2.31. The van der Waals surface area contributed by atoms with Gasteiger partial charge in [-0.05, 0) is 31.0 Å². The summed E-state index contributed by atoms with van der Waals surface area (Å²) in [4.78, 5) is 16.7. The van der Waals surface area contributed by atoms with E-state index in [4.69, 9.17) is 10.5 Å². The van der Waals surface area contributed by atoms with E-state index in [1.165, 1.54) is 0 Å². The highest BCUT2D eigenvalue weighted by atomic mass is 16.5. The van der Waals surface area contributed by atoms with Gasteiger partial charge in [0.2, 0.25) is 0 Å². The van der Waals surface area contributed by atoms with Gasteiger partial charge in [0.1, 0.15) is 5.75 Å². The summed E-state index contributed by atoms with van der Waals surface area (Å²) in [7, 11) is 0. The zero-order chi connectivity index (χ0) is 16.5. The number of benzene rings is 1. The lowest BCUT2D eigenvalue weighted by molar-refractivity contribution is 0.102. The van der Waals surface area contributed by atoms with Crippen LogP contribution in [0.5, 0.6) is 5.75 Å². The van der Waals surface area contributed by atoms with Gasteiger partial charge in [-0.2, -0.15) is 5.10 Å². The molecule has 2 aromatic heterocycles. The SMILES string of the molecule is N[C@H]1CCCOc2cc(C(=O)Nc3ccnc4[nH]ncc34)ccc21. The zero-order valence-corrected chi connectivity index (χ0v) is 13.0. The number of H-pyrrole nitrogens is 1. The molecule has 1 aliphatic rings. The number of rotatable bonds is 2. The molecule has 0 fully saturated rings. The van der Waals surface area contributed by atoms with Gasteiger partial charge in [0.15, 0.2) is 5.65 Å². The Bertz CT molecular complexity index is 905. The fraction of sp³-hybridized carbons (Fsp3) is 0.235. The number of hydrogen-bond donors (Lipinski definition) is 3. The number of aromatic amines is 1. The number of fused-ring (bicyclic) bond motifs is 2. The minimum Gasteiger partial charge on any atom is -0.493 e. The van der Waals surface area contributed by atoms with Crippen LogP contribution in [0.3, 0.4) is 0 Å². The van der Waals surface area contributed by atoms with E-state index in [-0.39, 0.29) is 11.9 Å². The summed E-state index contributed by atoms with van der Waals surface area (Å²) >= 11 is 0. The average molecular weight is 323 g/mol. The van der Waals surface area contributed by atoms with Crippen LogP contribution in [0.1, 0.15) is 34.8 Å². The van der Waals surface area contributed by atoms with Crippen LogP contribution in [0.25, 0.3) is 11.0 Å². The lowest BCUT2D eigenvalue weighted by Crippen LogP contribution is -2.14. The van der Waals surface area contributed by atoms with Gasteiger partial charge in [0.25, 0.3) is 5.91 Å². The molecule has 3 aromatic rings. The number of nitrogens with zero attached hydrogens (tertiary/aromatic N) is 2. The summed E-state index contributed by atoms with van der Waals surface area (Å²) in [6.07, 6.45) is 5.05. The maximum absolute atomic E-state index is 12.6. The van der Waals surface area contributed by atoms with Gasteiger partial charge in [-0.1, -0.05) is 6.07 Å². The highest BCUT2D eigenvalue weighted by Gasteiger charge is 2.18. The van der Waals surface area contributed by atoms with E-state index in [1.54, 1.807) is 30.6 Å². The maximum Gasteiger partial charge on any atom is 0.255 e. The molecule has 1 atom stereocenters. The van der Waals surface area contributed by atoms with Crippen LogP contribution in [0.4, 0.5) is 5.69 Å². The van der Waals surface area contributed by atoms with Crippen molar-refractivity contribution in [3.05, 3.63) is 47.8 Å². The minimum absolute atomic E-state index is 0.0506. The van der Waals surface area contributed by atoms with E-state index < -0.39 is 0 Å². The average Bonchev–Trinajstić information content (AvgIpc) is 3.00. The molecule has 4 rings (SSSR count). The quantitative estimate of drug-likeness (QED) is 0.671. The Kier molecular flexibility index (Phi) is 3.62. The van der Waals surface area contributed by atoms with E-state index >= 15 is 0 Å². The van der Waals surface area contributed by atoms with Crippen LogP contribution >= 0.6 is 0 Å². The monoisotopic (exact) mass is 323 g/mol. The van der Waals surface area contributed by atoms with Crippen molar-refractivity contribution in [1.82, 2.24) is 15.2 Å². The topological polar surface area (TPSA) is 106 Å². The number of hydrogen-bond acceptors (Lipinski definition) is 5. The Morgan fingerprint density at radius 1 is 1.38 bits per heavy atom. The molecule has 0 radical (unpaired) electrons. The minimum atomic E-state index is -0.215. The first-order chi connectivity index (χ1) is 11.7. The number of nitrogens with one attached hydrogen (secondary N) is 2. The van der Waals surface area contributed by atoms with Crippen LogP contribution in [0.15, 0.2) is 36.7 Å². The third kappa shape index (κ3) is 2.59. The van der Waals surface area contributed by atoms with Gasteiger partial charge in [-0.15, -0.1) is 0 Å². The highest BCUT2D eigenvalue weighted by molar-refractivity contribution is 6.08. The van der Waals surface area contributed by atoms with Crippen molar-refractivity contribution in [1.29, 1.82) is 0 Å². The first kappa shape index (κ1) is 14.6. The van der Waals surface area contributed by atoms with Crippen molar-refractivity contribution >= 4 is 22.6 Å². The molecule has 7 heteroatoms. The van der Waals surface area contributed by atoms with Crippen LogP contribution in [-0.2, 0) is 0 Å².